The lowest BCUT2D eigenvalue weighted by atomic mass is 10.1. The van der Waals surface area contributed by atoms with Crippen molar-refractivity contribution in [2.45, 2.75) is 19.0 Å². The molecule has 1 aliphatic rings. The zero-order valence-electron chi connectivity index (χ0n) is 17.9. The van der Waals surface area contributed by atoms with Crippen LogP contribution in [0.15, 0.2) is 78.9 Å². The van der Waals surface area contributed by atoms with Crippen molar-refractivity contribution in [3.63, 3.8) is 0 Å². The number of nitrogens with zero attached hydrogens (tertiary/aromatic N) is 2. The predicted octanol–water partition coefficient (Wildman–Crippen LogP) is 4.88. The van der Waals surface area contributed by atoms with Gasteiger partial charge in [-0.05, 0) is 66.3 Å². The van der Waals surface area contributed by atoms with Crippen LogP contribution >= 0.6 is 23.8 Å². The van der Waals surface area contributed by atoms with Gasteiger partial charge in [0.15, 0.2) is 5.11 Å². The smallest absolute Gasteiger partial charge is 0.256 e. The van der Waals surface area contributed by atoms with Crippen molar-refractivity contribution in [1.82, 2.24) is 4.90 Å². The zero-order chi connectivity index (χ0) is 23.4. The second-order valence-electron chi connectivity index (χ2n) is 7.54. The second kappa shape index (κ2) is 10.0. The van der Waals surface area contributed by atoms with E-state index in [4.69, 9.17) is 28.6 Å². The minimum absolute atomic E-state index is 0.0406. The Morgan fingerprint density at radius 3 is 2.33 bits per heavy atom. The van der Waals surface area contributed by atoms with E-state index in [0.29, 0.717) is 28.1 Å². The van der Waals surface area contributed by atoms with Crippen molar-refractivity contribution in [2.75, 3.05) is 17.3 Å². The average Bonchev–Trinajstić information content (AvgIpc) is 3.05. The van der Waals surface area contributed by atoms with Gasteiger partial charge in [0.1, 0.15) is 11.8 Å². The van der Waals surface area contributed by atoms with Crippen molar-refractivity contribution in [1.29, 1.82) is 0 Å². The number of carbonyl (C=O) groups is 2. The summed E-state index contributed by atoms with van der Waals surface area (Å²) >= 11 is 11.6. The lowest BCUT2D eigenvalue weighted by molar-refractivity contribution is -0.124. The van der Waals surface area contributed by atoms with Gasteiger partial charge in [-0.15, -0.1) is 0 Å². The fourth-order valence-electron chi connectivity index (χ4n) is 3.68. The van der Waals surface area contributed by atoms with Crippen molar-refractivity contribution in [2.24, 2.45) is 0 Å². The number of ether oxygens (including phenoxy) is 1. The fourth-order valence-corrected chi connectivity index (χ4v) is 4.19. The molecular formula is C25H22ClN3O3S. The number of benzene rings is 3. The molecular weight excluding hydrogens is 458 g/mol. The van der Waals surface area contributed by atoms with Crippen LogP contribution in [0.3, 0.4) is 0 Å². The third-order valence-corrected chi connectivity index (χ3v) is 6.02. The summed E-state index contributed by atoms with van der Waals surface area (Å²) < 4.78 is 5.23. The molecule has 1 saturated heterocycles. The summed E-state index contributed by atoms with van der Waals surface area (Å²) in [7, 11) is 1.61. The molecule has 2 amide bonds. The summed E-state index contributed by atoms with van der Waals surface area (Å²) in [6.07, 6.45) is -0.0406. The number of rotatable bonds is 7. The number of hydrogen-bond donors (Lipinski definition) is 1. The first-order valence-corrected chi connectivity index (χ1v) is 11.1. The first-order valence-electron chi connectivity index (χ1n) is 10.3. The van der Waals surface area contributed by atoms with Crippen molar-refractivity contribution in [3.05, 3.63) is 89.4 Å². The quantitative estimate of drug-likeness (QED) is 0.489. The van der Waals surface area contributed by atoms with Crippen LogP contribution in [-0.2, 0) is 16.1 Å². The molecule has 0 aromatic heterocycles. The molecule has 6 nitrogen and oxygen atoms in total. The van der Waals surface area contributed by atoms with Gasteiger partial charge in [0.25, 0.3) is 5.91 Å². The summed E-state index contributed by atoms with van der Waals surface area (Å²) in [6.45, 7) is 0.386. The maximum atomic E-state index is 13.4. The van der Waals surface area contributed by atoms with Crippen LogP contribution in [0.4, 0.5) is 11.4 Å². The van der Waals surface area contributed by atoms with E-state index in [1.54, 1.807) is 36.3 Å². The lowest BCUT2D eigenvalue weighted by Gasteiger charge is -2.24. The SMILES string of the molecule is COc1ccc(CN2C(=S)N(c3ccccc3)C(=O)C2CC(=O)Nc2ccc(Cl)cc2)cc1. The first-order chi connectivity index (χ1) is 16.0. The van der Waals surface area contributed by atoms with Gasteiger partial charge >= 0.3 is 0 Å². The van der Waals surface area contributed by atoms with Gasteiger partial charge in [0.05, 0.1) is 19.2 Å². The molecule has 1 unspecified atom stereocenters. The van der Waals surface area contributed by atoms with Crippen LogP contribution in [0.25, 0.3) is 0 Å². The highest BCUT2D eigenvalue weighted by Gasteiger charge is 2.44. The molecule has 0 bridgehead atoms. The Labute approximate surface area is 202 Å². The summed E-state index contributed by atoms with van der Waals surface area (Å²) in [5.41, 5.74) is 2.23. The fraction of sp³-hybridized carbons (Fsp3) is 0.160. The first kappa shape index (κ1) is 22.8. The minimum Gasteiger partial charge on any atom is -0.497 e. The maximum absolute atomic E-state index is 13.4. The number of hydrogen-bond acceptors (Lipinski definition) is 4. The van der Waals surface area contributed by atoms with Gasteiger partial charge in [-0.1, -0.05) is 41.9 Å². The monoisotopic (exact) mass is 479 g/mol. The highest BCUT2D eigenvalue weighted by molar-refractivity contribution is 7.80. The molecule has 1 fully saturated rings. The van der Waals surface area contributed by atoms with Crippen LogP contribution in [0, 0.1) is 0 Å². The minimum atomic E-state index is -0.730. The van der Waals surface area contributed by atoms with Crippen molar-refractivity contribution < 1.29 is 14.3 Å². The number of thiocarbonyl (C=S) groups is 1. The average molecular weight is 480 g/mol. The van der Waals surface area contributed by atoms with Gasteiger partial charge in [-0.3, -0.25) is 14.5 Å². The van der Waals surface area contributed by atoms with Gasteiger partial charge in [0, 0.05) is 17.3 Å². The van der Waals surface area contributed by atoms with Crippen molar-refractivity contribution >= 4 is 52.1 Å². The Morgan fingerprint density at radius 1 is 1.03 bits per heavy atom. The largest absolute Gasteiger partial charge is 0.497 e. The number of carbonyl (C=O) groups excluding carboxylic acids is 2. The number of nitrogens with one attached hydrogen (secondary N) is 1. The normalized spacial score (nSPS) is 15.6. The van der Waals surface area contributed by atoms with E-state index in [1.165, 1.54) is 4.90 Å². The molecule has 1 atom stereocenters. The van der Waals surface area contributed by atoms with Gasteiger partial charge < -0.3 is 15.0 Å². The molecule has 1 heterocycles. The number of para-hydroxylation sites is 1. The molecule has 0 aliphatic carbocycles. The highest BCUT2D eigenvalue weighted by Crippen LogP contribution is 2.29. The van der Waals surface area contributed by atoms with E-state index in [1.807, 2.05) is 54.6 Å². The van der Waals surface area contributed by atoms with Gasteiger partial charge in [-0.25, -0.2) is 0 Å². The Hall–Kier alpha value is -3.42. The summed E-state index contributed by atoms with van der Waals surface area (Å²) in [5, 5.41) is 3.77. The molecule has 3 aromatic carbocycles. The molecule has 0 saturated carbocycles. The predicted molar refractivity (Wildman–Crippen MR) is 134 cm³/mol. The van der Waals surface area contributed by atoms with Crippen LogP contribution < -0.4 is 15.0 Å². The van der Waals surface area contributed by atoms with Gasteiger partial charge in [0.2, 0.25) is 5.91 Å². The molecule has 0 spiro atoms. The summed E-state index contributed by atoms with van der Waals surface area (Å²) in [5.74, 6) is 0.225. The Balaban J connectivity index is 1.58. The van der Waals surface area contributed by atoms with E-state index in [9.17, 15) is 9.59 Å². The topological polar surface area (TPSA) is 61.9 Å². The number of anilines is 2. The number of methoxy groups -OCH3 is 1. The van der Waals surface area contributed by atoms with Crippen LogP contribution in [0.5, 0.6) is 5.75 Å². The zero-order valence-corrected chi connectivity index (χ0v) is 19.5. The standard InChI is InChI=1S/C25H22ClN3O3S/c1-32-21-13-7-17(8-14-21)16-28-22(15-23(30)27-19-11-9-18(26)10-12-19)24(31)29(25(28)33)20-5-3-2-4-6-20/h2-14,22H,15-16H2,1H3,(H,27,30). The van der Waals surface area contributed by atoms with Crippen molar-refractivity contribution in [3.8, 4) is 5.75 Å². The Bertz CT molecular complexity index is 1150. The maximum Gasteiger partial charge on any atom is 0.256 e. The molecule has 4 rings (SSSR count). The molecule has 0 radical (unpaired) electrons. The molecule has 8 heteroatoms. The van der Waals surface area contributed by atoms with Gasteiger partial charge in [-0.2, -0.15) is 0 Å². The van der Waals surface area contributed by atoms with E-state index in [0.717, 1.165) is 11.3 Å². The lowest BCUT2D eigenvalue weighted by Crippen LogP contribution is -2.37. The molecule has 168 valence electrons. The van der Waals surface area contributed by atoms with Crippen LogP contribution in [0.2, 0.25) is 5.02 Å². The second-order valence-corrected chi connectivity index (χ2v) is 8.34. The number of halogens is 1. The third-order valence-electron chi connectivity index (χ3n) is 5.35. The van der Waals surface area contributed by atoms with E-state index in [-0.39, 0.29) is 18.2 Å². The summed E-state index contributed by atoms with van der Waals surface area (Å²) in [6, 6.07) is 22.9. The molecule has 1 N–H and O–H groups in total. The number of amides is 2. The molecule has 3 aromatic rings. The van der Waals surface area contributed by atoms with Crippen LogP contribution in [0.1, 0.15) is 12.0 Å². The third kappa shape index (κ3) is 5.16. The van der Waals surface area contributed by atoms with E-state index >= 15 is 0 Å². The summed E-state index contributed by atoms with van der Waals surface area (Å²) in [4.78, 5) is 29.6. The Kier molecular flexibility index (Phi) is 6.91. The Morgan fingerprint density at radius 2 is 1.70 bits per heavy atom. The van der Waals surface area contributed by atoms with Crippen LogP contribution in [-0.4, -0.2) is 35.0 Å². The highest BCUT2D eigenvalue weighted by atomic mass is 35.5. The molecule has 33 heavy (non-hydrogen) atoms. The van der Waals surface area contributed by atoms with E-state index in [2.05, 4.69) is 5.32 Å². The van der Waals surface area contributed by atoms with E-state index < -0.39 is 6.04 Å². The molecule has 1 aliphatic heterocycles.